The van der Waals surface area contributed by atoms with Gasteiger partial charge in [0.2, 0.25) is 0 Å². The fraction of sp³-hybridized carbons (Fsp3) is 0.571. The molecule has 1 aromatic heterocycles. The summed E-state index contributed by atoms with van der Waals surface area (Å²) in [5.74, 6) is 0. The zero-order valence-electron chi connectivity index (χ0n) is 6.31. The molecule has 0 N–H and O–H groups in total. The van der Waals surface area contributed by atoms with Gasteiger partial charge in [0.25, 0.3) is 0 Å². The average Bonchev–Trinajstić information content (AvgIpc) is 2.11. The first-order chi connectivity index (χ1) is 4.50. The second kappa shape index (κ2) is 2.77. The van der Waals surface area contributed by atoms with E-state index in [-0.39, 0.29) is 5.41 Å². The van der Waals surface area contributed by atoms with E-state index >= 15 is 0 Å². The van der Waals surface area contributed by atoms with Crippen LogP contribution in [-0.4, -0.2) is 4.37 Å². The van der Waals surface area contributed by atoms with E-state index in [0.29, 0.717) is 0 Å². The van der Waals surface area contributed by atoms with Gasteiger partial charge in [0.15, 0.2) is 0 Å². The number of hydrogen-bond donors (Lipinski definition) is 0. The lowest BCUT2D eigenvalue weighted by atomic mass is 9.95. The Labute approximate surface area is 79.2 Å². The Morgan fingerprint density at radius 1 is 1.50 bits per heavy atom. The molecular weight excluding hydrogens is 257 g/mol. The largest absolute Gasteiger partial charge is 0.186 e. The van der Waals surface area contributed by atoms with Crippen molar-refractivity contribution in [2.45, 2.75) is 26.2 Å². The molecule has 10 heavy (non-hydrogen) atoms. The number of rotatable bonds is 0. The summed E-state index contributed by atoms with van der Waals surface area (Å²) in [4.78, 5) is 1.36. The Kier molecular flexibility index (Phi) is 2.34. The highest BCUT2D eigenvalue weighted by atomic mass is 127. The molecule has 3 heteroatoms. The maximum absolute atomic E-state index is 4.21. The average molecular weight is 267 g/mol. The van der Waals surface area contributed by atoms with Gasteiger partial charge in [0.05, 0.1) is 0 Å². The third-order valence-electron chi connectivity index (χ3n) is 1.22. The van der Waals surface area contributed by atoms with Crippen LogP contribution in [0.2, 0.25) is 0 Å². The molecule has 1 rings (SSSR count). The zero-order valence-corrected chi connectivity index (χ0v) is 9.28. The molecule has 0 bridgehead atoms. The van der Waals surface area contributed by atoms with E-state index in [1.165, 1.54) is 4.88 Å². The highest BCUT2D eigenvalue weighted by Crippen LogP contribution is 2.26. The Hall–Kier alpha value is 0.360. The first-order valence-electron chi connectivity index (χ1n) is 3.13. The highest BCUT2D eigenvalue weighted by molar-refractivity contribution is 14.1. The summed E-state index contributed by atoms with van der Waals surface area (Å²) < 4.78 is 5.32. The normalized spacial score (nSPS) is 12.0. The van der Waals surface area contributed by atoms with Crippen LogP contribution in [0.25, 0.3) is 0 Å². The second-order valence-corrected chi connectivity index (χ2v) is 5.17. The number of aromatic nitrogens is 1. The van der Waals surface area contributed by atoms with E-state index in [9.17, 15) is 0 Å². The summed E-state index contributed by atoms with van der Waals surface area (Å²) in [7, 11) is 0. The third-order valence-corrected chi connectivity index (χ3v) is 3.32. The SMILES string of the molecule is CC(C)(C)c1cc(I)ns1. The van der Waals surface area contributed by atoms with Gasteiger partial charge in [0, 0.05) is 4.88 Å². The number of halogens is 1. The molecule has 0 aliphatic carbocycles. The van der Waals surface area contributed by atoms with Crippen LogP contribution in [-0.2, 0) is 5.41 Å². The molecular formula is C7H10INS. The molecule has 0 saturated heterocycles. The standard InChI is InChI=1S/C7H10INS/c1-7(2,3)5-4-6(8)9-10-5/h4H,1-3H3. The van der Waals surface area contributed by atoms with Crippen LogP contribution in [0.5, 0.6) is 0 Å². The predicted molar refractivity (Wildman–Crippen MR) is 53.5 cm³/mol. The van der Waals surface area contributed by atoms with Gasteiger partial charge in [0.1, 0.15) is 3.70 Å². The van der Waals surface area contributed by atoms with Gasteiger partial charge in [-0.2, -0.15) is 4.37 Å². The Balaban J connectivity index is 2.96. The van der Waals surface area contributed by atoms with Gasteiger partial charge in [-0.05, 0) is 45.6 Å². The summed E-state index contributed by atoms with van der Waals surface area (Å²) >= 11 is 3.84. The summed E-state index contributed by atoms with van der Waals surface area (Å²) in [6.45, 7) is 6.61. The third kappa shape index (κ3) is 1.92. The molecule has 1 heterocycles. The minimum absolute atomic E-state index is 0.265. The molecule has 0 spiro atoms. The molecule has 0 atom stereocenters. The van der Waals surface area contributed by atoms with Crippen LogP contribution >= 0.6 is 34.1 Å². The minimum atomic E-state index is 0.265. The zero-order chi connectivity index (χ0) is 7.78. The summed E-state index contributed by atoms with van der Waals surface area (Å²) in [5, 5.41) is 0. The molecule has 0 amide bonds. The lowest BCUT2D eigenvalue weighted by molar-refractivity contribution is 0.604. The van der Waals surface area contributed by atoms with E-state index in [1.54, 1.807) is 11.5 Å². The molecule has 0 aromatic carbocycles. The second-order valence-electron chi connectivity index (χ2n) is 3.26. The van der Waals surface area contributed by atoms with Crippen molar-refractivity contribution >= 4 is 34.1 Å². The van der Waals surface area contributed by atoms with Gasteiger partial charge in [-0.3, -0.25) is 0 Å². The smallest absolute Gasteiger partial charge is 0.115 e. The van der Waals surface area contributed by atoms with Crippen molar-refractivity contribution < 1.29 is 0 Å². The van der Waals surface area contributed by atoms with Crippen molar-refractivity contribution in [3.05, 3.63) is 14.6 Å². The minimum Gasteiger partial charge on any atom is -0.186 e. The van der Waals surface area contributed by atoms with Crippen molar-refractivity contribution in [1.29, 1.82) is 0 Å². The van der Waals surface area contributed by atoms with Crippen LogP contribution in [0.3, 0.4) is 0 Å². The van der Waals surface area contributed by atoms with Gasteiger partial charge in [-0.15, -0.1) is 0 Å². The van der Waals surface area contributed by atoms with Crippen molar-refractivity contribution in [3.63, 3.8) is 0 Å². The molecule has 0 unspecified atom stereocenters. The van der Waals surface area contributed by atoms with Crippen molar-refractivity contribution in [1.82, 2.24) is 4.37 Å². The van der Waals surface area contributed by atoms with Crippen LogP contribution in [0, 0.1) is 3.70 Å². The van der Waals surface area contributed by atoms with Crippen LogP contribution < -0.4 is 0 Å². The molecule has 0 saturated carbocycles. The first-order valence-corrected chi connectivity index (χ1v) is 4.98. The maximum atomic E-state index is 4.21. The van der Waals surface area contributed by atoms with Crippen molar-refractivity contribution in [3.8, 4) is 0 Å². The molecule has 1 nitrogen and oxygen atoms in total. The van der Waals surface area contributed by atoms with Crippen molar-refractivity contribution in [2.24, 2.45) is 0 Å². The van der Waals surface area contributed by atoms with Gasteiger partial charge < -0.3 is 0 Å². The van der Waals surface area contributed by atoms with Gasteiger partial charge in [-0.1, -0.05) is 20.8 Å². The first kappa shape index (κ1) is 8.46. The Bertz CT molecular complexity index is 224. The quantitative estimate of drug-likeness (QED) is 0.658. The van der Waals surface area contributed by atoms with E-state index in [4.69, 9.17) is 0 Å². The number of hydrogen-bond acceptors (Lipinski definition) is 2. The fourth-order valence-electron chi connectivity index (χ4n) is 0.607. The molecule has 0 radical (unpaired) electrons. The highest BCUT2D eigenvalue weighted by Gasteiger charge is 2.15. The molecule has 0 aliphatic rings. The monoisotopic (exact) mass is 267 g/mol. The molecule has 0 aliphatic heterocycles. The van der Waals surface area contributed by atoms with E-state index in [2.05, 4.69) is 53.8 Å². The van der Waals surface area contributed by atoms with Gasteiger partial charge in [-0.25, -0.2) is 0 Å². The Morgan fingerprint density at radius 2 is 2.10 bits per heavy atom. The van der Waals surface area contributed by atoms with E-state index in [0.717, 1.165) is 3.70 Å². The molecule has 56 valence electrons. The molecule has 1 aromatic rings. The fourth-order valence-corrected chi connectivity index (χ4v) is 2.10. The van der Waals surface area contributed by atoms with Gasteiger partial charge >= 0.3 is 0 Å². The number of nitrogens with zero attached hydrogens (tertiary/aromatic N) is 1. The topological polar surface area (TPSA) is 12.9 Å². The van der Waals surface area contributed by atoms with Crippen molar-refractivity contribution in [2.75, 3.05) is 0 Å². The maximum Gasteiger partial charge on any atom is 0.115 e. The van der Waals surface area contributed by atoms with Crippen LogP contribution in [0.1, 0.15) is 25.6 Å². The molecule has 0 fully saturated rings. The van der Waals surface area contributed by atoms with Crippen LogP contribution in [0.4, 0.5) is 0 Å². The van der Waals surface area contributed by atoms with E-state index < -0.39 is 0 Å². The lowest BCUT2D eigenvalue weighted by Gasteiger charge is -2.13. The Morgan fingerprint density at radius 3 is 2.30 bits per heavy atom. The van der Waals surface area contributed by atoms with E-state index in [1.807, 2.05) is 0 Å². The van der Waals surface area contributed by atoms with Crippen LogP contribution in [0.15, 0.2) is 6.07 Å². The summed E-state index contributed by atoms with van der Waals surface area (Å²) in [6.07, 6.45) is 0. The predicted octanol–water partition coefficient (Wildman–Crippen LogP) is 3.05. The summed E-state index contributed by atoms with van der Waals surface area (Å²) in [5.41, 5.74) is 0.265. The summed E-state index contributed by atoms with van der Waals surface area (Å²) in [6, 6.07) is 2.14. The lowest BCUT2D eigenvalue weighted by Crippen LogP contribution is -2.07.